The standard InChI is InChI=1S/C12H9ClF3N3/c1-17-10-6-9(13)18-11(19-10)7-3-2-4-8(5-7)12(14,15)16/h2-6H,1H3,(H,17,18,19). The Labute approximate surface area is 112 Å². The molecule has 0 spiro atoms. The molecular weight excluding hydrogens is 279 g/mol. The quantitative estimate of drug-likeness (QED) is 0.852. The topological polar surface area (TPSA) is 37.8 Å². The highest BCUT2D eigenvalue weighted by molar-refractivity contribution is 6.29. The molecule has 19 heavy (non-hydrogen) atoms. The van der Waals surface area contributed by atoms with Gasteiger partial charge in [-0.05, 0) is 12.1 Å². The van der Waals surface area contributed by atoms with E-state index in [9.17, 15) is 13.2 Å². The van der Waals surface area contributed by atoms with E-state index in [2.05, 4.69) is 15.3 Å². The minimum atomic E-state index is -4.40. The molecule has 1 N–H and O–H groups in total. The van der Waals surface area contributed by atoms with Crippen molar-refractivity contribution in [3.63, 3.8) is 0 Å². The molecule has 2 aromatic rings. The van der Waals surface area contributed by atoms with Crippen molar-refractivity contribution in [3.05, 3.63) is 41.0 Å². The van der Waals surface area contributed by atoms with Crippen LogP contribution in [0.1, 0.15) is 5.56 Å². The van der Waals surface area contributed by atoms with Gasteiger partial charge in [-0.25, -0.2) is 9.97 Å². The van der Waals surface area contributed by atoms with Gasteiger partial charge >= 0.3 is 6.18 Å². The lowest BCUT2D eigenvalue weighted by Crippen LogP contribution is -2.05. The Morgan fingerprint density at radius 2 is 1.89 bits per heavy atom. The van der Waals surface area contributed by atoms with Gasteiger partial charge in [-0.1, -0.05) is 23.7 Å². The molecule has 0 unspecified atom stereocenters. The van der Waals surface area contributed by atoms with Crippen LogP contribution in [0.3, 0.4) is 0 Å². The molecule has 0 bridgehead atoms. The van der Waals surface area contributed by atoms with E-state index in [4.69, 9.17) is 11.6 Å². The van der Waals surface area contributed by atoms with E-state index in [-0.39, 0.29) is 16.5 Å². The fourth-order valence-electron chi connectivity index (χ4n) is 1.51. The van der Waals surface area contributed by atoms with Crippen LogP contribution in [0.2, 0.25) is 5.15 Å². The summed E-state index contributed by atoms with van der Waals surface area (Å²) in [5.74, 6) is 0.579. The molecule has 0 aliphatic heterocycles. The van der Waals surface area contributed by atoms with E-state index in [0.29, 0.717) is 5.82 Å². The summed E-state index contributed by atoms with van der Waals surface area (Å²) in [7, 11) is 1.63. The van der Waals surface area contributed by atoms with E-state index in [1.54, 1.807) is 7.05 Å². The van der Waals surface area contributed by atoms with Gasteiger partial charge in [-0.3, -0.25) is 0 Å². The molecule has 0 aliphatic rings. The van der Waals surface area contributed by atoms with Gasteiger partial charge in [-0.15, -0.1) is 0 Å². The normalized spacial score (nSPS) is 11.4. The van der Waals surface area contributed by atoms with Gasteiger partial charge in [0.1, 0.15) is 11.0 Å². The summed E-state index contributed by atoms with van der Waals surface area (Å²) < 4.78 is 37.9. The first-order chi connectivity index (χ1) is 8.90. The molecule has 1 aromatic carbocycles. The Bertz CT molecular complexity index is 599. The molecule has 0 radical (unpaired) electrons. The van der Waals surface area contributed by atoms with E-state index < -0.39 is 11.7 Å². The van der Waals surface area contributed by atoms with Crippen molar-refractivity contribution < 1.29 is 13.2 Å². The lowest BCUT2D eigenvalue weighted by atomic mass is 10.1. The largest absolute Gasteiger partial charge is 0.416 e. The number of rotatable bonds is 2. The van der Waals surface area contributed by atoms with Crippen molar-refractivity contribution in [2.24, 2.45) is 0 Å². The third-order valence-electron chi connectivity index (χ3n) is 2.40. The van der Waals surface area contributed by atoms with Crippen LogP contribution in [-0.4, -0.2) is 17.0 Å². The fourth-order valence-corrected chi connectivity index (χ4v) is 1.69. The summed E-state index contributed by atoms with van der Waals surface area (Å²) in [5.41, 5.74) is -0.492. The highest BCUT2D eigenvalue weighted by atomic mass is 35.5. The van der Waals surface area contributed by atoms with Gasteiger partial charge in [0.15, 0.2) is 5.82 Å². The maximum atomic E-state index is 12.6. The molecule has 0 fully saturated rings. The summed E-state index contributed by atoms with van der Waals surface area (Å²) in [5, 5.41) is 2.92. The summed E-state index contributed by atoms with van der Waals surface area (Å²) in [6, 6.07) is 6.28. The Balaban J connectivity index is 2.50. The summed E-state index contributed by atoms with van der Waals surface area (Å²) >= 11 is 5.80. The number of alkyl halides is 3. The van der Waals surface area contributed by atoms with Gasteiger partial charge in [0.05, 0.1) is 5.56 Å². The van der Waals surface area contributed by atoms with Crippen LogP contribution in [0, 0.1) is 0 Å². The van der Waals surface area contributed by atoms with Crippen LogP contribution in [0.4, 0.5) is 19.0 Å². The molecule has 100 valence electrons. The SMILES string of the molecule is CNc1cc(Cl)nc(-c2cccc(C(F)(F)F)c2)n1. The van der Waals surface area contributed by atoms with Gasteiger partial charge in [0.25, 0.3) is 0 Å². The highest BCUT2D eigenvalue weighted by Gasteiger charge is 2.30. The molecule has 3 nitrogen and oxygen atoms in total. The van der Waals surface area contributed by atoms with Crippen LogP contribution in [0.15, 0.2) is 30.3 Å². The molecule has 7 heteroatoms. The number of anilines is 1. The fraction of sp³-hybridized carbons (Fsp3) is 0.167. The number of hydrogen-bond donors (Lipinski definition) is 1. The van der Waals surface area contributed by atoms with E-state index in [1.807, 2.05) is 0 Å². The molecule has 0 aliphatic carbocycles. The van der Waals surface area contributed by atoms with E-state index in [1.165, 1.54) is 18.2 Å². The van der Waals surface area contributed by atoms with E-state index >= 15 is 0 Å². The monoisotopic (exact) mass is 287 g/mol. The molecule has 0 amide bonds. The van der Waals surface area contributed by atoms with Crippen LogP contribution in [0.5, 0.6) is 0 Å². The number of aromatic nitrogens is 2. The zero-order chi connectivity index (χ0) is 14.0. The number of nitrogens with zero attached hydrogens (tertiary/aromatic N) is 2. The Hall–Kier alpha value is -1.82. The van der Waals surface area contributed by atoms with Crippen molar-refractivity contribution in [2.75, 3.05) is 12.4 Å². The zero-order valence-electron chi connectivity index (χ0n) is 9.79. The minimum Gasteiger partial charge on any atom is -0.373 e. The third kappa shape index (κ3) is 3.14. The second-order valence-electron chi connectivity index (χ2n) is 3.73. The number of nitrogens with one attached hydrogen (secondary N) is 1. The van der Waals surface area contributed by atoms with Crippen LogP contribution in [-0.2, 0) is 6.18 Å². The van der Waals surface area contributed by atoms with Crippen LogP contribution in [0.25, 0.3) is 11.4 Å². The number of halogens is 4. The van der Waals surface area contributed by atoms with Gasteiger partial charge in [0.2, 0.25) is 0 Å². The average Bonchev–Trinajstić information content (AvgIpc) is 2.37. The Kier molecular flexibility index (Phi) is 3.61. The summed E-state index contributed by atoms with van der Waals surface area (Å²) in [4.78, 5) is 7.99. The van der Waals surface area contributed by atoms with Crippen molar-refractivity contribution in [2.45, 2.75) is 6.18 Å². The number of benzene rings is 1. The lowest BCUT2D eigenvalue weighted by molar-refractivity contribution is -0.137. The van der Waals surface area contributed by atoms with Gasteiger partial charge in [-0.2, -0.15) is 13.2 Å². The van der Waals surface area contributed by atoms with E-state index in [0.717, 1.165) is 12.1 Å². The highest BCUT2D eigenvalue weighted by Crippen LogP contribution is 2.31. The summed E-state index contributed by atoms with van der Waals surface area (Å²) in [6.07, 6.45) is -4.40. The predicted molar refractivity (Wildman–Crippen MR) is 67.0 cm³/mol. The Morgan fingerprint density at radius 1 is 1.16 bits per heavy atom. The summed E-state index contributed by atoms with van der Waals surface area (Å²) in [6.45, 7) is 0. The molecule has 0 saturated carbocycles. The predicted octanol–water partition coefficient (Wildman–Crippen LogP) is 3.86. The Morgan fingerprint density at radius 3 is 2.53 bits per heavy atom. The van der Waals surface area contributed by atoms with Crippen molar-refractivity contribution in [1.82, 2.24) is 9.97 Å². The molecule has 2 rings (SSSR count). The van der Waals surface area contributed by atoms with Crippen molar-refractivity contribution in [1.29, 1.82) is 0 Å². The first-order valence-electron chi connectivity index (χ1n) is 5.30. The zero-order valence-corrected chi connectivity index (χ0v) is 10.5. The number of hydrogen-bond acceptors (Lipinski definition) is 3. The van der Waals surface area contributed by atoms with Gasteiger partial charge < -0.3 is 5.32 Å². The second-order valence-corrected chi connectivity index (χ2v) is 4.12. The van der Waals surface area contributed by atoms with Crippen LogP contribution < -0.4 is 5.32 Å². The van der Waals surface area contributed by atoms with Crippen molar-refractivity contribution >= 4 is 17.4 Å². The molecule has 0 atom stereocenters. The maximum absolute atomic E-state index is 12.6. The molecule has 0 saturated heterocycles. The molecule has 1 aromatic heterocycles. The molecule has 1 heterocycles. The minimum absolute atomic E-state index is 0.142. The second kappa shape index (κ2) is 5.05. The first kappa shape index (κ1) is 13.6. The lowest BCUT2D eigenvalue weighted by Gasteiger charge is -2.09. The van der Waals surface area contributed by atoms with Gasteiger partial charge in [0, 0.05) is 18.7 Å². The first-order valence-corrected chi connectivity index (χ1v) is 5.68. The third-order valence-corrected chi connectivity index (χ3v) is 2.59. The smallest absolute Gasteiger partial charge is 0.373 e. The molecular formula is C12H9ClF3N3. The van der Waals surface area contributed by atoms with Crippen molar-refractivity contribution in [3.8, 4) is 11.4 Å². The average molecular weight is 288 g/mol. The van der Waals surface area contributed by atoms with Crippen LogP contribution >= 0.6 is 11.6 Å². The maximum Gasteiger partial charge on any atom is 0.416 e.